The lowest BCUT2D eigenvalue weighted by molar-refractivity contribution is -0.132. The van der Waals surface area contributed by atoms with E-state index < -0.39 is 10.0 Å². The normalized spacial score (nSPS) is 16.4. The van der Waals surface area contributed by atoms with Crippen LogP contribution in [0.2, 0.25) is 0 Å². The summed E-state index contributed by atoms with van der Waals surface area (Å²) < 4.78 is 32.4. The molecule has 0 atom stereocenters. The van der Waals surface area contributed by atoms with Crippen LogP contribution in [-0.2, 0) is 14.8 Å². The zero-order valence-electron chi connectivity index (χ0n) is 13.9. The molecular weight excluding hydrogens is 316 g/mol. The van der Waals surface area contributed by atoms with E-state index in [4.69, 9.17) is 4.74 Å². The maximum absolute atomic E-state index is 12.9. The molecule has 1 aliphatic heterocycles. The summed E-state index contributed by atoms with van der Waals surface area (Å²) in [4.78, 5) is 13.8. The number of carbonyl (C=O) groups excluding carboxylic acids is 1. The smallest absolute Gasteiger partial charge is 0.246 e. The molecule has 1 aliphatic rings. The van der Waals surface area contributed by atoms with Gasteiger partial charge in [0, 0.05) is 32.6 Å². The highest BCUT2D eigenvalue weighted by Gasteiger charge is 2.31. The lowest BCUT2D eigenvalue weighted by Gasteiger charge is -2.34. The zero-order chi connectivity index (χ0) is 17.0. The van der Waals surface area contributed by atoms with Gasteiger partial charge in [0.05, 0.1) is 7.11 Å². The minimum Gasteiger partial charge on any atom is -0.495 e. The second-order valence-corrected chi connectivity index (χ2v) is 7.60. The molecule has 1 fully saturated rings. The topological polar surface area (TPSA) is 66.9 Å². The molecule has 0 aromatic heterocycles. The van der Waals surface area contributed by atoms with Crippen molar-refractivity contribution in [2.75, 3.05) is 33.3 Å². The maximum atomic E-state index is 12.9. The molecular formula is C16H24N2O4S. The lowest BCUT2D eigenvalue weighted by atomic mass is 10.2. The monoisotopic (exact) mass is 340 g/mol. The summed E-state index contributed by atoms with van der Waals surface area (Å²) in [7, 11) is -2.16. The van der Waals surface area contributed by atoms with Crippen molar-refractivity contribution in [3.63, 3.8) is 0 Å². The number of rotatable bonds is 5. The Morgan fingerprint density at radius 2 is 1.87 bits per heavy atom. The molecule has 1 heterocycles. The number of ether oxygens (including phenoxy) is 1. The van der Waals surface area contributed by atoms with E-state index in [9.17, 15) is 13.2 Å². The van der Waals surface area contributed by atoms with Gasteiger partial charge in [0.1, 0.15) is 10.6 Å². The van der Waals surface area contributed by atoms with Crippen molar-refractivity contribution in [2.24, 2.45) is 0 Å². The van der Waals surface area contributed by atoms with Crippen LogP contribution >= 0.6 is 0 Å². The van der Waals surface area contributed by atoms with E-state index in [2.05, 4.69) is 0 Å². The molecule has 1 aromatic rings. The summed E-state index contributed by atoms with van der Waals surface area (Å²) in [5.74, 6) is 0.442. The van der Waals surface area contributed by atoms with Crippen molar-refractivity contribution in [3.05, 3.63) is 23.8 Å². The standard InChI is InChI=1S/C16H24N2O4S/c1-4-5-16(19)17-8-10-18(11-9-17)23(20,21)15-12-13(2)6-7-14(15)22-3/h6-7,12H,4-5,8-11H2,1-3H3. The van der Waals surface area contributed by atoms with Gasteiger partial charge < -0.3 is 9.64 Å². The predicted molar refractivity (Wildman–Crippen MR) is 88.0 cm³/mol. The Labute approximate surface area is 138 Å². The van der Waals surface area contributed by atoms with Crippen LogP contribution in [0.5, 0.6) is 5.75 Å². The Kier molecular flexibility index (Phi) is 5.64. The number of amides is 1. The van der Waals surface area contributed by atoms with Crippen molar-refractivity contribution >= 4 is 15.9 Å². The maximum Gasteiger partial charge on any atom is 0.246 e. The number of sulfonamides is 1. The summed E-state index contributed by atoms with van der Waals surface area (Å²) in [6.07, 6.45) is 1.32. The molecule has 0 bridgehead atoms. The first kappa shape index (κ1) is 17.7. The van der Waals surface area contributed by atoms with Gasteiger partial charge in [-0.1, -0.05) is 13.0 Å². The molecule has 23 heavy (non-hydrogen) atoms. The minimum atomic E-state index is -3.62. The highest BCUT2D eigenvalue weighted by atomic mass is 32.2. The third-order valence-electron chi connectivity index (χ3n) is 3.99. The van der Waals surface area contributed by atoms with Gasteiger partial charge in [-0.05, 0) is 31.0 Å². The zero-order valence-corrected chi connectivity index (χ0v) is 14.7. The summed E-state index contributed by atoms with van der Waals surface area (Å²) in [5, 5.41) is 0. The van der Waals surface area contributed by atoms with Crippen LogP contribution in [-0.4, -0.2) is 56.8 Å². The van der Waals surface area contributed by atoms with Crippen molar-refractivity contribution < 1.29 is 17.9 Å². The summed E-state index contributed by atoms with van der Waals surface area (Å²) in [5.41, 5.74) is 0.862. The van der Waals surface area contributed by atoms with Crippen LogP contribution in [0.1, 0.15) is 25.3 Å². The van der Waals surface area contributed by atoms with Crippen LogP contribution in [0.3, 0.4) is 0 Å². The van der Waals surface area contributed by atoms with Gasteiger partial charge in [0.2, 0.25) is 15.9 Å². The Morgan fingerprint density at radius 1 is 1.22 bits per heavy atom. The van der Waals surface area contributed by atoms with Gasteiger partial charge in [-0.25, -0.2) is 8.42 Å². The summed E-state index contributed by atoms with van der Waals surface area (Å²) in [6, 6.07) is 5.12. The van der Waals surface area contributed by atoms with Gasteiger partial charge in [0.25, 0.3) is 0 Å². The van der Waals surface area contributed by atoms with Gasteiger partial charge in [-0.2, -0.15) is 4.31 Å². The molecule has 0 spiro atoms. The fourth-order valence-electron chi connectivity index (χ4n) is 2.67. The quantitative estimate of drug-likeness (QED) is 0.817. The molecule has 0 saturated carbocycles. The van der Waals surface area contributed by atoms with Crippen LogP contribution in [0.4, 0.5) is 0 Å². The number of hydrogen-bond donors (Lipinski definition) is 0. The molecule has 2 rings (SSSR count). The Balaban J connectivity index is 2.16. The molecule has 1 aromatic carbocycles. The Bertz CT molecular complexity index is 665. The number of carbonyl (C=O) groups is 1. The van der Waals surface area contributed by atoms with E-state index in [0.29, 0.717) is 38.3 Å². The van der Waals surface area contributed by atoms with Gasteiger partial charge >= 0.3 is 0 Å². The number of nitrogens with zero attached hydrogens (tertiary/aromatic N) is 2. The largest absolute Gasteiger partial charge is 0.495 e. The van der Waals surface area contributed by atoms with E-state index in [0.717, 1.165) is 12.0 Å². The van der Waals surface area contributed by atoms with Crippen molar-refractivity contribution in [1.29, 1.82) is 0 Å². The number of piperazine rings is 1. The fraction of sp³-hybridized carbons (Fsp3) is 0.562. The molecule has 1 amide bonds. The van der Waals surface area contributed by atoms with E-state index in [-0.39, 0.29) is 10.8 Å². The fourth-order valence-corrected chi connectivity index (χ4v) is 4.34. The van der Waals surface area contributed by atoms with Crippen molar-refractivity contribution in [2.45, 2.75) is 31.6 Å². The molecule has 0 radical (unpaired) electrons. The SMILES string of the molecule is CCCC(=O)N1CCN(S(=O)(=O)c2cc(C)ccc2OC)CC1. The first-order valence-electron chi connectivity index (χ1n) is 7.82. The first-order chi connectivity index (χ1) is 10.9. The molecule has 0 aliphatic carbocycles. The molecule has 128 valence electrons. The van der Waals surface area contributed by atoms with Crippen LogP contribution in [0, 0.1) is 6.92 Å². The van der Waals surface area contributed by atoms with Gasteiger partial charge in [-0.3, -0.25) is 4.79 Å². The van der Waals surface area contributed by atoms with Gasteiger partial charge in [0.15, 0.2) is 0 Å². The predicted octanol–water partition coefficient (Wildman–Crippen LogP) is 1.64. The number of benzene rings is 1. The average Bonchev–Trinajstić information content (AvgIpc) is 2.55. The summed E-state index contributed by atoms with van der Waals surface area (Å²) >= 11 is 0. The average molecular weight is 340 g/mol. The van der Waals surface area contributed by atoms with Gasteiger partial charge in [-0.15, -0.1) is 0 Å². The molecule has 1 saturated heterocycles. The van der Waals surface area contributed by atoms with Crippen LogP contribution in [0.15, 0.2) is 23.1 Å². The highest BCUT2D eigenvalue weighted by molar-refractivity contribution is 7.89. The second-order valence-electron chi connectivity index (χ2n) is 5.69. The van der Waals surface area contributed by atoms with Crippen molar-refractivity contribution in [3.8, 4) is 5.75 Å². The lowest BCUT2D eigenvalue weighted by Crippen LogP contribution is -2.50. The highest BCUT2D eigenvalue weighted by Crippen LogP contribution is 2.28. The molecule has 7 heteroatoms. The third kappa shape index (κ3) is 3.84. The summed E-state index contributed by atoms with van der Waals surface area (Å²) in [6.45, 7) is 5.31. The van der Waals surface area contributed by atoms with Crippen molar-refractivity contribution in [1.82, 2.24) is 9.21 Å². The number of hydrogen-bond acceptors (Lipinski definition) is 4. The number of methoxy groups -OCH3 is 1. The minimum absolute atomic E-state index is 0.0951. The third-order valence-corrected chi connectivity index (χ3v) is 5.91. The van der Waals surface area contributed by atoms with Crippen LogP contribution in [0.25, 0.3) is 0 Å². The first-order valence-corrected chi connectivity index (χ1v) is 9.26. The second kappa shape index (κ2) is 7.31. The molecule has 0 unspecified atom stereocenters. The van der Waals surface area contributed by atoms with Crippen LogP contribution < -0.4 is 4.74 Å². The van der Waals surface area contributed by atoms with E-state index in [1.54, 1.807) is 17.0 Å². The number of aryl methyl sites for hydroxylation is 1. The Hall–Kier alpha value is -1.60. The Morgan fingerprint density at radius 3 is 2.43 bits per heavy atom. The van der Waals surface area contributed by atoms with E-state index >= 15 is 0 Å². The van der Waals surface area contributed by atoms with E-state index in [1.165, 1.54) is 11.4 Å². The van der Waals surface area contributed by atoms with E-state index in [1.807, 2.05) is 19.9 Å². The molecule has 0 N–H and O–H groups in total. The molecule has 6 nitrogen and oxygen atoms in total.